The number of benzene rings is 1. The lowest BCUT2D eigenvalue weighted by Crippen LogP contribution is -2.50. The Bertz CT molecular complexity index is 803. The summed E-state index contributed by atoms with van der Waals surface area (Å²) in [5.74, 6) is 0.711. The van der Waals surface area contributed by atoms with E-state index < -0.39 is 16.1 Å². The van der Waals surface area contributed by atoms with Crippen molar-refractivity contribution in [2.75, 3.05) is 39.3 Å². The van der Waals surface area contributed by atoms with Gasteiger partial charge in [-0.3, -0.25) is 4.90 Å². The molecule has 0 aliphatic carbocycles. The van der Waals surface area contributed by atoms with Gasteiger partial charge in [-0.2, -0.15) is 4.31 Å². The minimum atomic E-state index is -3.52. The molecule has 1 N–H and O–H groups in total. The predicted molar refractivity (Wildman–Crippen MR) is 101 cm³/mol. The first-order valence-electron chi connectivity index (χ1n) is 8.71. The first-order valence-corrected chi connectivity index (χ1v) is 10.5. The van der Waals surface area contributed by atoms with Gasteiger partial charge in [0.1, 0.15) is 12.4 Å². The first-order chi connectivity index (χ1) is 12.9. The number of nitrogens with zero attached hydrogens (tertiary/aromatic N) is 2. The van der Waals surface area contributed by atoms with Gasteiger partial charge in [0.25, 0.3) is 0 Å². The summed E-state index contributed by atoms with van der Waals surface area (Å²) >= 11 is 5.83. The third kappa shape index (κ3) is 5.54. The molecule has 7 nitrogen and oxygen atoms in total. The molecule has 0 radical (unpaired) electrons. The summed E-state index contributed by atoms with van der Waals surface area (Å²) in [6, 6.07) is 9.78. The summed E-state index contributed by atoms with van der Waals surface area (Å²) in [6.07, 6.45) is 0.937. The number of piperazine rings is 1. The van der Waals surface area contributed by atoms with Crippen molar-refractivity contribution in [1.82, 2.24) is 9.21 Å². The van der Waals surface area contributed by atoms with Gasteiger partial charge in [0.2, 0.25) is 10.0 Å². The highest BCUT2D eigenvalue weighted by atomic mass is 35.5. The van der Waals surface area contributed by atoms with Crippen LogP contribution in [0.5, 0.6) is 0 Å². The standard InChI is InChI=1S/C18H23ClN2O5S/c19-15-3-5-18(6-4-15)27(23,24)21-9-7-20(8-10-21)12-16(22)13-25-14-17-2-1-11-26-17/h1-6,11,16,22H,7-10,12-14H2. The SMILES string of the molecule is O=S(=O)(c1ccc(Cl)cc1)N1CCN(CC(O)COCc2ccco2)CC1. The lowest BCUT2D eigenvalue weighted by Gasteiger charge is -2.34. The third-order valence-electron chi connectivity index (χ3n) is 4.39. The van der Waals surface area contributed by atoms with Crippen molar-refractivity contribution in [1.29, 1.82) is 0 Å². The van der Waals surface area contributed by atoms with Crippen LogP contribution in [0.4, 0.5) is 0 Å². The van der Waals surface area contributed by atoms with Gasteiger partial charge in [-0.25, -0.2) is 8.42 Å². The Morgan fingerprint density at radius 2 is 1.85 bits per heavy atom. The molecule has 0 bridgehead atoms. The molecule has 0 spiro atoms. The molecule has 0 saturated carbocycles. The summed E-state index contributed by atoms with van der Waals surface area (Å²) in [5, 5.41) is 10.6. The van der Waals surface area contributed by atoms with Crippen molar-refractivity contribution in [3.05, 3.63) is 53.4 Å². The Morgan fingerprint density at radius 1 is 1.15 bits per heavy atom. The number of rotatable bonds is 8. The number of β-amino-alcohol motifs (C(OH)–C–C–N with tert-alkyl or cyclic N) is 1. The number of halogens is 1. The molecule has 1 aromatic carbocycles. The van der Waals surface area contributed by atoms with E-state index >= 15 is 0 Å². The summed E-state index contributed by atoms with van der Waals surface area (Å²) in [5.41, 5.74) is 0. The van der Waals surface area contributed by atoms with E-state index in [1.165, 1.54) is 16.4 Å². The summed E-state index contributed by atoms with van der Waals surface area (Å²) < 4.78 is 37.4. The van der Waals surface area contributed by atoms with E-state index in [0.29, 0.717) is 50.1 Å². The average Bonchev–Trinajstić information content (AvgIpc) is 3.16. The Labute approximate surface area is 164 Å². The number of hydrogen-bond donors (Lipinski definition) is 1. The number of aliphatic hydroxyl groups is 1. The van der Waals surface area contributed by atoms with Crippen LogP contribution >= 0.6 is 11.6 Å². The van der Waals surface area contributed by atoms with Gasteiger partial charge >= 0.3 is 0 Å². The maximum absolute atomic E-state index is 12.7. The second-order valence-corrected chi connectivity index (χ2v) is 8.78. The Balaban J connectivity index is 1.43. The van der Waals surface area contributed by atoms with Gasteiger partial charge < -0.3 is 14.3 Å². The molecule has 1 saturated heterocycles. The number of sulfonamides is 1. The molecule has 1 atom stereocenters. The highest BCUT2D eigenvalue weighted by molar-refractivity contribution is 7.89. The molecular weight excluding hydrogens is 392 g/mol. The molecule has 2 heterocycles. The molecule has 9 heteroatoms. The van der Waals surface area contributed by atoms with E-state index in [-0.39, 0.29) is 11.5 Å². The molecule has 1 aliphatic rings. The molecule has 1 aromatic heterocycles. The molecule has 1 unspecified atom stereocenters. The van der Waals surface area contributed by atoms with Gasteiger partial charge in [0.05, 0.1) is 23.9 Å². The van der Waals surface area contributed by atoms with E-state index in [1.54, 1.807) is 24.5 Å². The van der Waals surface area contributed by atoms with Crippen LogP contribution in [-0.2, 0) is 21.4 Å². The zero-order valence-electron chi connectivity index (χ0n) is 14.8. The lowest BCUT2D eigenvalue weighted by molar-refractivity contribution is 0.00100. The minimum absolute atomic E-state index is 0.198. The third-order valence-corrected chi connectivity index (χ3v) is 6.55. The van der Waals surface area contributed by atoms with Crippen LogP contribution in [0, 0.1) is 0 Å². The van der Waals surface area contributed by atoms with Crippen LogP contribution in [-0.4, -0.2) is 68.2 Å². The van der Waals surface area contributed by atoms with Crippen molar-refractivity contribution in [2.24, 2.45) is 0 Å². The van der Waals surface area contributed by atoms with Crippen LogP contribution in [0.25, 0.3) is 0 Å². The van der Waals surface area contributed by atoms with Crippen molar-refractivity contribution < 1.29 is 22.7 Å². The monoisotopic (exact) mass is 414 g/mol. The fourth-order valence-corrected chi connectivity index (χ4v) is 4.50. The molecule has 1 fully saturated rings. The van der Waals surface area contributed by atoms with Crippen LogP contribution in [0.15, 0.2) is 52.0 Å². The van der Waals surface area contributed by atoms with Crippen molar-refractivity contribution >= 4 is 21.6 Å². The van der Waals surface area contributed by atoms with Crippen molar-refractivity contribution in [2.45, 2.75) is 17.6 Å². The Morgan fingerprint density at radius 3 is 2.48 bits per heavy atom. The molecule has 2 aromatic rings. The Hall–Kier alpha value is -1.42. The number of hydrogen-bond acceptors (Lipinski definition) is 6. The average molecular weight is 415 g/mol. The molecule has 0 amide bonds. The zero-order chi connectivity index (χ0) is 19.3. The molecule has 3 rings (SSSR count). The van der Waals surface area contributed by atoms with Gasteiger partial charge in [-0.15, -0.1) is 0 Å². The van der Waals surface area contributed by atoms with E-state index in [9.17, 15) is 13.5 Å². The molecule has 1 aliphatic heterocycles. The van der Waals surface area contributed by atoms with Crippen molar-refractivity contribution in [3.8, 4) is 0 Å². The van der Waals surface area contributed by atoms with Crippen LogP contribution < -0.4 is 0 Å². The fourth-order valence-electron chi connectivity index (χ4n) is 2.95. The summed E-state index contributed by atoms with van der Waals surface area (Å²) in [4.78, 5) is 2.28. The van der Waals surface area contributed by atoms with Gasteiger partial charge in [0.15, 0.2) is 0 Å². The van der Waals surface area contributed by atoms with Crippen LogP contribution in [0.1, 0.15) is 5.76 Å². The van der Waals surface area contributed by atoms with Gasteiger partial charge in [-0.1, -0.05) is 11.6 Å². The maximum atomic E-state index is 12.7. The van der Waals surface area contributed by atoms with E-state index in [4.69, 9.17) is 20.8 Å². The Kier molecular flexibility index (Phi) is 6.91. The zero-order valence-corrected chi connectivity index (χ0v) is 16.4. The number of ether oxygens (including phenoxy) is 1. The van der Waals surface area contributed by atoms with Crippen LogP contribution in [0.3, 0.4) is 0 Å². The largest absolute Gasteiger partial charge is 0.467 e. The summed E-state index contributed by atoms with van der Waals surface area (Å²) in [7, 11) is -3.52. The topological polar surface area (TPSA) is 83.2 Å². The van der Waals surface area contributed by atoms with E-state index in [2.05, 4.69) is 0 Å². The van der Waals surface area contributed by atoms with Crippen molar-refractivity contribution in [3.63, 3.8) is 0 Å². The van der Waals surface area contributed by atoms with E-state index in [0.717, 1.165) is 0 Å². The minimum Gasteiger partial charge on any atom is -0.467 e. The number of aliphatic hydroxyl groups excluding tert-OH is 1. The smallest absolute Gasteiger partial charge is 0.243 e. The first kappa shape index (κ1) is 20.3. The second kappa shape index (κ2) is 9.18. The highest BCUT2D eigenvalue weighted by Crippen LogP contribution is 2.20. The molecule has 148 valence electrons. The predicted octanol–water partition coefficient (Wildman–Crippen LogP) is 1.82. The maximum Gasteiger partial charge on any atom is 0.243 e. The summed E-state index contributed by atoms with van der Waals surface area (Å²) in [6.45, 7) is 2.83. The second-order valence-electron chi connectivity index (χ2n) is 6.41. The van der Waals surface area contributed by atoms with Gasteiger partial charge in [-0.05, 0) is 36.4 Å². The van der Waals surface area contributed by atoms with E-state index in [1.807, 2.05) is 11.0 Å². The quantitative estimate of drug-likeness (QED) is 0.709. The fraction of sp³-hybridized carbons (Fsp3) is 0.444. The molecular formula is C18H23ClN2O5S. The lowest BCUT2D eigenvalue weighted by atomic mass is 10.3. The normalized spacial score (nSPS) is 17.9. The van der Waals surface area contributed by atoms with Crippen LogP contribution in [0.2, 0.25) is 5.02 Å². The highest BCUT2D eigenvalue weighted by Gasteiger charge is 2.29. The van der Waals surface area contributed by atoms with Gasteiger partial charge in [0, 0.05) is 37.7 Å². The molecule has 27 heavy (non-hydrogen) atoms. The number of furan rings is 1.